The lowest BCUT2D eigenvalue weighted by atomic mass is 10.0. The molecule has 1 atom stereocenters. The molecule has 2 N–H and O–H groups in total. The van der Waals surface area contributed by atoms with Gasteiger partial charge in [-0.15, -0.1) is 0 Å². The Morgan fingerprint density at radius 2 is 1.96 bits per heavy atom. The van der Waals surface area contributed by atoms with E-state index in [1.54, 1.807) is 17.3 Å². The van der Waals surface area contributed by atoms with Crippen molar-refractivity contribution in [3.8, 4) is 0 Å². The number of amides is 1. The second-order valence-corrected chi connectivity index (χ2v) is 5.15. The van der Waals surface area contributed by atoms with Crippen molar-refractivity contribution in [3.05, 3.63) is 58.0 Å². The van der Waals surface area contributed by atoms with Crippen molar-refractivity contribution in [3.63, 3.8) is 0 Å². The smallest absolute Gasteiger partial charge is 0.311 e. The zero-order valence-electron chi connectivity index (χ0n) is 13.5. The average molecular weight is 329 g/mol. The van der Waals surface area contributed by atoms with Crippen molar-refractivity contribution in [1.82, 2.24) is 14.9 Å². The van der Waals surface area contributed by atoms with Gasteiger partial charge in [0.1, 0.15) is 5.69 Å². The van der Waals surface area contributed by atoms with E-state index in [1.165, 1.54) is 12.1 Å². The van der Waals surface area contributed by atoms with E-state index in [4.69, 9.17) is 5.73 Å². The highest BCUT2D eigenvalue weighted by Gasteiger charge is 2.26. The van der Waals surface area contributed by atoms with Crippen molar-refractivity contribution in [2.24, 2.45) is 0 Å². The van der Waals surface area contributed by atoms with Crippen LogP contribution in [0.5, 0.6) is 0 Å². The summed E-state index contributed by atoms with van der Waals surface area (Å²) in [5.41, 5.74) is 6.34. The maximum atomic E-state index is 12.8. The molecule has 8 heteroatoms. The topological polar surface area (TPSA) is 115 Å². The van der Waals surface area contributed by atoms with Crippen molar-refractivity contribution in [1.29, 1.82) is 0 Å². The minimum absolute atomic E-state index is 0.0902. The highest BCUT2D eigenvalue weighted by molar-refractivity contribution is 5.93. The number of pyridine rings is 2. The molecule has 0 aromatic carbocycles. The van der Waals surface area contributed by atoms with Gasteiger partial charge in [0.2, 0.25) is 5.82 Å². The molecule has 2 rings (SSSR count). The predicted octanol–water partition coefficient (Wildman–Crippen LogP) is 2.58. The van der Waals surface area contributed by atoms with Gasteiger partial charge in [-0.2, -0.15) is 0 Å². The summed E-state index contributed by atoms with van der Waals surface area (Å²) >= 11 is 0. The van der Waals surface area contributed by atoms with E-state index >= 15 is 0 Å². The molecule has 0 aliphatic rings. The van der Waals surface area contributed by atoms with Crippen LogP contribution >= 0.6 is 0 Å². The molecule has 0 unspecified atom stereocenters. The maximum absolute atomic E-state index is 12.8. The minimum atomic E-state index is -0.625. The Morgan fingerprint density at radius 1 is 1.29 bits per heavy atom. The summed E-state index contributed by atoms with van der Waals surface area (Å²) in [6.07, 6.45) is 4.07. The number of hydrogen-bond donors (Lipinski definition) is 1. The Labute approximate surface area is 139 Å². The molecular weight excluding hydrogens is 310 g/mol. The van der Waals surface area contributed by atoms with Gasteiger partial charge in [-0.25, -0.2) is 4.98 Å². The molecule has 0 saturated carbocycles. The first-order valence-electron chi connectivity index (χ1n) is 7.61. The van der Waals surface area contributed by atoms with Crippen LogP contribution in [-0.2, 0) is 0 Å². The van der Waals surface area contributed by atoms with Gasteiger partial charge in [-0.05, 0) is 37.1 Å². The molecule has 0 radical (unpaired) electrons. The summed E-state index contributed by atoms with van der Waals surface area (Å²) in [4.78, 5) is 32.6. The molecule has 0 saturated heterocycles. The minimum Gasteiger partial charge on any atom is -0.378 e. The van der Waals surface area contributed by atoms with E-state index < -0.39 is 4.92 Å². The van der Waals surface area contributed by atoms with Crippen LogP contribution in [0.3, 0.4) is 0 Å². The fraction of sp³-hybridized carbons (Fsp3) is 0.312. The van der Waals surface area contributed by atoms with Crippen molar-refractivity contribution in [2.45, 2.75) is 26.3 Å². The number of carbonyl (C=O) groups excluding carboxylic acids is 1. The van der Waals surface area contributed by atoms with Crippen LogP contribution in [0.1, 0.15) is 42.4 Å². The first kappa shape index (κ1) is 17.3. The number of nitrogens with zero attached hydrogens (tertiary/aromatic N) is 4. The van der Waals surface area contributed by atoms with E-state index in [0.29, 0.717) is 13.0 Å². The number of nitro groups is 1. The van der Waals surface area contributed by atoms with Crippen LogP contribution < -0.4 is 5.73 Å². The van der Waals surface area contributed by atoms with E-state index in [1.807, 2.05) is 26.0 Å². The lowest BCUT2D eigenvalue weighted by Crippen LogP contribution is -2.35. The molecule has 0 bridgehead atoms. The fourth-order valence-corrected chi connectivity index (χ4v) is 2.62. The standard InChI is InChI=1S/C16H19N5O3/c1-3-13(11-7-9-18-10-8-11)20(4-2)16(22)12-5-6-14(21(23)24)15(17)19-12/h5-10,13H,3-4H2,1-2H3,(H2,17,19)/t13-/m0/s1. The van der Waals surface area contributed by atoms with Crippen LogP contribution in [0.25, 0.3) is 0 Å². The van der Waals surface area contributed by atoms with Crippen LogP contribution in [0, 0.1) is 10.1 Å². The Balaban J connectivity index is 2.34. The normalized spacial score (nSPS) is 11.8. The lowest BCUT2D eigenvalue weighted by Gasteiger charge is -2.30. The first-order valence-corrected chi connectivity index (χ1v) is 7.61. The summed E-state index contributed by atoms with van der Waals surface area (Å²) in [7, 11) is 0. The Kier molecular flexibility index (Phi) is 5.41. The number of aromatic nitrogens is 2. The lowest BCUT2D eigenvalue weighted by molar-refractivity contribution is -0.384. The molecule has 1 amide bonds. The van der Waals surface area contributed by atoms with E-state index in [2.05, 4.69) is 9.97 Å². The second kappa shape index (κ2) is 7.49. The van der Waals surface area contributed by atoms with Gasteiger partial charge in [0, 0.05) is 25.0 Å². The third-order valence-electron chi connectivity index (χ3n) is 3.77. The maximum Gasteiger partial charge on any atom is 0.311 e. The van der Waals surface area contributed by atoms with Crippen LogP contribution in [0.2, 0.25) is 0 Å². The first-order chi connectivity index (χ1) is 11.5. The highest BCUT2D eigenvalue weighted by Crippen LogP contribution is 2.26. The molecule has 0 aliphatic carbocycles. The van der Waals surface area contributed by atoms with Crippen LogP contribution in [0.4, 0.5) is 11.5 Å². The van der Waals surface area contributed by atoms with Crippen LogP contribution in [-0.4, -0.2) is 32.2 Å². The summed E-state index contributed by atoms with van der Waals surface area (Å²) in [5, 5.41) is 10.8. The molecule has 8 nitrogen and oxygen atoms in total. The third-order valence-corrected chi connectivity index (χ3v) is 3.77. The predicted molar refractivity (Wildman–Crippen MR) is 89.3 cm³/mol. The monoisotopic (exact) mass is 329 g/mol. The summed E-state index contributed by atoms with van der Waals surface area (Å²) < 4.78 is 0. The molecule has 0 aliphatic heterocycles. The Hall–Kier alpha value is -3.03. The number of carbonyl (C=O) groups is 1. The molecule has 0 spiro atoms. The van der Waals surface area contributed by atoms with E-state index in [9.17, 15) is 14.9 Å². The van der Waals surface area contributed by atoms with Crippen LogP contribution in [0.15, 0.2) is 36.7 Å². The number of anilines is 1. The van der Waals surface area contributed by atoms with Gasteiger partial charge in [-0.3, -0.25) is 19.9 Å². The van der Waals surface area contributed by atoms with Gasteiger partial charge < -0.3 is 10.6 Å². The molecular formula is C16H19N5O3. The van der Waals surface area contributed by atoms with E-state index in [-0.39, 0.29) is 29.1 Å². The van der Waals surface area contributed by atoms with Gasteiger partial charge >= 0.3 is 5.69 Å². The third kappa shape index (κ3) is 3.48. The van der Waals surface area contributed by atoms with Gasteiger partial charge in [0.25, 0.3) is 5.91 Å². The quantitative estimate of drug-likeness (QED) is 0.643. The van der Waals surface area contributed by atoms with Gasteiger partial charge in [-0.1, -0.05) is 6.92 Å². The summed E-state index contributed by atoms with van der Waals surface area (Å²) in [6.45, 7) is 4.33. The zero-order valence-corrected chi connectivity index (χ0v) is 13.5. The number of hydrogen-bond acceptors (Lipinski definition) is 6. The number of nitrogen functional groups attached to an aromatic ring is 1. The summed E-state index contributed by atoms with van der Waals surface area (Å²) in [6, 6.07) is 6.13. The Morgan fingerprint density at radius 3 is 2.46 bits per heavy atom. The Bertz CT molecular complexity index is 736. The highest BCUT2D eigenvalue weighted by atomic mass is 16.6. The molecule has 126 valence electrons. The SMILES string of the molecule is CC[C@@H](c1ccncc1)N(CC)C(=O)c1ccc([N+](=O)[O-])c(N)n1. The average Bonchev–Trinajstić information content (AvgIpc) is 2.59. The number of rotatable bonds is 6. The van der Waals surface area contributed by atoms with Gasteiger partial charge in [0.15, 0.2) is 0 Å². The largest absolute Gasteiger partial charge is 0.378 e. The van der Waals surface area contributed by atoms with Gasteiger partial charge in [0.05, 0.1) is 11.0 Å². The van der Waals surface area contributed by atoms with E-state index in [0.717, 1.165) is 5.56 Å². The molecule has 0 fully saturated rings. The second-order valence-electron chi connectivity index (χ2n) is 5.15. The van der Waals surface area contributed by atoms with Crippen molar-refractivity contribution >= 4 is 17.4 Å². The number of nitrogens with two attached hydrogens (primary N) is 1. The zero-order chi connectivity index (χ0) is 17.7. The molecule has 2 aromatic rings. The molecule has 2 aromatic heterocycles. The fourth-order valence-electron chi connectivity index (χ4n) is 2.62. The molecule has 2 heterocycles. The van der Waals surface area contributed by atoms with Crippen molar-refractivity contribution < 1.29 is 9.72 Å². The summed E-state index contributed by atoms with van der Waals surface area (Å²) in [5.74, 6) is -0.582. The van der Waals surface area contributed by atoms with Crippen molar-refractivity contribution in [2.75, 3.05) is 12.3 Å². The molecule has 24 heavy (non-hydrogen) atoms.